The van der Waals surface area contributed by atoms with E-state index in [2.05, 4.69) is 5.32 Å². The van der Waals surface area contributed by atoms with Crippen molar-refractivity contribution in [2.75, 3.05) is 11.9 Å². The lowest BCUT2D eigenvalue weighted by Crippen LogP contribution is -2.33. The maximum atomic E-state index is 12.4. The third kappa shape index (κ3) is 4.14. The van der Waals surface area contributed by atoms with Gasteiger partial charge in [0.1, 0.15) is 6.54 Å². The van der Waals surface area contributed by atoms with Crippen molar-refractivity contribution in [1.82, 2.24) is 5.32 Å². The number of carboxylic acid groups (broad SMARTS) is 1. The molecule has 2 atom stereocenters. The Kier molecular flexibility index (Phi) is 5.03. The standard InChI is InChI=1S/C17H19F3N2O4/c1-8-4-5-9(13(23)21-7-17(18,19)20)6-10(8)22-14(24)11-12(15(25)26)16(11,2)3/h4-6,11-12H,7H2,1-3H3,(H,21,23)(H,22,24)(H,25,26)/t11-,12+/m0/s1. The van der Waals surface area contributed by atoms with Crippen molar-refractivity contribution in [3.05, 3.63) is 29.3 Å². The highest BCUT2D eigenvalue weighted by molar-refractivity contribution is 6.01. The van der Waals surface area contributed by atoms with Crippen LogP contribution in [0.3, 0.4) is 0 Å². The van der Waals surface area contributed by atoms with E-state index in [1.165, 1.54) is 18.2 Å². The van der Waals surface area contributed by atoms with E-state index in [0.29, 0.717) is 5.56 Å². The zero-order valence-corrected chi connectivity index (χ0v) is 14.4. The van der Waals surface area contributed by atoms with Gasteiger partial charge in [0.2, 0.25) is 5.91 Å². The van der Waals surface area contributed by atoms with E-state index in [1.807, 2.05) is 0 Å². The van der Waals surface area contributed by atoms with Gasteiger partial charge in [-0.1, -0.05) is 19.9 Å². The van der Waals surface area contributed by atoms with Crippen molar-refractivity contribution >= 4 is 23.5 Å². The minimum atomic E-state index is -4.53. The molecular formula is C17H19F3N2O4. The molecule has 9 heteroatoms. The Morgan fingerprint density at radius 2 is 1.81 bits per heavy atom. The van der Waals surface area contributed by atoms with Gasteiger partial charge in [0, 0.05) is 11.3 Å². The topological polar surface area (TPSA) is 95.5 Å². The molecule has 0 heterocycles. The van der Waals surface area contributed by atoms with E-state index in [-0.39, 0.29) is 11.3 Å². The largest absolute Gasteiger partial charge is 0.481 e. The molecule has 3 N–H and O–H groups in total. The Hall–Kier alpha value is -2.58. The molecule has 6 nitrogen and oxygen atoms in total. The molecular weight excluding hydrogens is 353 g/mol. The zero-order valence-electron chi connectivity index (χ0n) is 14.4. The van der Waals surface area contributed by atoms with E-state index < -0.39 is 47.8 Å². The third-order valence-corrected chi connectivity index (χ3v) is 4.58. The van der Waals surface area contributed by atoms with Gasteiger partial charge in [-0.3, -0.25) is 14.4 Å². The Morgan fingerprint density at radius 1 is 1.19 bits per heavy atom. The van der Waals surface area contributed by atoms with E-state index >= 15 is 0 Å². The minimum Gasteiger partial charge on any atom is -0.481 e. The van der Waals surface area contributed by atoms with Crippen LogP contribution in [0.4, 0.5) is 18.9 Å². The molecule has 0 saturated heterocycles. The van der Waals surface area contributed by atoms with Crippen molar-refractivity contribution in [1.29, 1.82) is 0 Å². The van der Waals surface area contributed by atoms with Crippen LogP contribution in [0.15, 0.2) is 18.2 Å². The summed E-state index contributed by atoms with van der Waals surface area (Å²) in [6.45, 7) is 3.53. The number of amides is 2. The first-order valence-corrected chi connectivity index (χ1v) is 7.84. The van der Waals surface area contributed by atoms with Crippen molar-refractivity contribution in [2.45, 2.75) is 26.9 Å². The van der Waals surface area contributed by atoms with Crippen LogP contribution in [0.5, 0.6) is 0 Å². The highest BCUT2D eigenvalue weighted by Gasteiger charge is 2.65. The summed E-state index contributed by atoms with van der Waals surface area (Å²) < 4.78 is 36.6. The van der Waals surface area contributed by atoms with Crippen LogP contribution in [0.25, 0.3) is 0 Å². The molecule has 2 rings (SSSR count). The van der Waals surface area contributed by atoms with Crippen LogP contribution in [0.1, 0.15) is 29.8 Å². The Bertz CT molecular complexity index is 759. The van der Waals surface area contributed by atoms with E-state index in [0.717, 1.165) is 0 Å². The normalized spacial score (nSPS) is 21.0. The van der Waals surface area contributed by atoms with Gasteiger partial charge >= 0.3 is 12.1 Å². The van der Waals surface area contributed by atoms with Crippen molar-refractivity contribution < 1.29 is 32.7 Å². The number of benzene rings is 1. The molecule has 2 amide bonds. The summed E-state index contributed by atoms with van der Waals surface area (Å²) in [6.07, 6.45) is -4.53. The number of aryl methyl sites for hydroxylation is 1. The first-order valence-electron chi connectivity index (χ1n) is 7.84. The fourth-order valence-corrected chi connectivity index (χ4v) is 2.98. The van der Waals surface area contributed by atoms with Crippen LogP contribution in [0.2, 0.25) is 0 Å². The second kappa shape index (κ2) is 6.62. The van der Waals surface area contributed by atoms with Gasteiger partial charge in [0.25, 0.3) is 5.91 Å². The van der Waals surface area contributed by atoms with Crippen LogP contribution in [0, 0.1) is 24.2 Å². The predicted molar refractivity (Wildman–Crippen MR) is 86.6 cm³/mol. The van der Waals surface area contributed by atoms with Crippen LogP contribution in [-0.2, 0) is 9.59 Å². The van der Waals surface area contributed by atoms with Crippen LogP contribution >= 0.6 is 0 Å². The van der Waals surface area contributed by atoms with E-state index in [4.69, 9.17) is 5.11 Å². The van der Waals surface area contributed by atoms with Gasteiger partial charge in [-0.2, -0.15) is 13.2 Å². The van der Waals surface area contributed by atoms with Crippen molar-refractivity contribution in [3.63, 3.8) is 0 Å². The summed E-state index contributed by atoms with van der Waals surface area (Å²) in [4.78, 5) is 35.4. The number of halogens is 3. The number of nitrogens with one attached hydrogen (secondary N) is 2. The van der Waals surface area contributed by atoms with Crippen molar-refractivity contribution in [2.24, 2.45) is 17.3 Å². The van der Waals surface area contributed by atoms with E-state index in [1.54, 1.807) is 26.1 Å². The van der Waals surface area contributed by atoms with Gasteiger partial charge in [-0.25, -0.2) is 0 Å². The fourth-order valence-electron chi connectivity index (χ4n) is 2.98. The number of hydrogen-bond donors (Lipinski definition) is 3. The Morgan fingerprint density at radius 3 is 2.31 bits per heavy atom. The molecule has 1 aliphatic carbocycles. The smallest absolute Gasteiger partial charge is 0.405 e. The lowest BCUT2D eigenvalue weighted by atomic mass is 10.1. The molecule has 0 aliphatic heterocycles. The molecule has 0 aromatic heterocycles. The molecule has 0 radical (unpaired) electrons. The fraction of sp³-hybridized carbons (Fsp3) is 0.471. The second-order valence-electron chi connectivity index (χ2n) is 6.93. The second-order valence-corrected chi connectivity index (χ2v) is 6.93. The number of rotatable bonds is 5. The number of aliphatic carboxylic acids is 1. The summed E-state index contributed by atoms with van der Waals surface area (Å²) >= 11 is 0. The third-order valence-electron chi connectivity index (χ3n) is 4.58. The molecule has 1 fully saturated rings. The summed E-state index contributed by atoms with van der Waals surface area (Å²) in [5.74, 6) is -4.01. The molecule has 0 unspecified atom stereocenters. The minimum absolute atomic E-state index is 0.0417. The first kappa shape index (κ1) is 19.7. The molecule has 0 bridgehead atoms. The monoisotopic (exact) mass is 372 g/mol. The number of carbonyl (C=O) groups is 3. The zero-order chi connectivity index (χ0) is 19.9. The van der Waals surface area contributed by atoms with Crippen LogP contribution < -0.4 is 10.6 Å². The van der Waals surface area contributed by atoms with Gasteiger partial charge < -0.3 is 15.7 Å². The average Bonchev–Trinajstić information content (AvgIpc) is 3.09. The lowest BCUT2D eigenvalue weighted by molar-refractivity contribution is -0.140. The lowest BCUT2D eigenvalue weighted by Gasteiger charge is -2.12. The van der Waals surface area contributed by atoms with Crippen LogP contribution in [-0.4, -0.2) is 35.6 Å². The summed E-state index contributed by atoms with van der Waals surface area (Å²) in [5.41, 5.74) is 0.114. The number of anilines is 1. The van der Waals surface area contributed by atoms with Gasteiger partial charge in [-0.15, -0.1) is 0 Å². The molecule has 1 aromatic carbocycles. The Balaban J connectivity index is 2.12. The summed E-state index contributed by atoms with van der Waals surface area (Å²) in [7, 11) is 0. The SMILES string of the molecule is Cc1ccc(C(=O)NCC(F)(F)F)cc1NC(=O)[C@@H]1[C@H](C(=O)O)C1(C)C. The van der Waals surface area contributed by atoms with Crippen molar-refractivity contribution in [3.8, 4) is 0 Å². The van der Waals surface area contributed by atoms with Gasteiger partial charge in [0.05, 0.1) is 11.8 Å². The summed E-state index contributed by atoms with van der Waals surface area (Å²) in [5, 5.41) is 13.5. The highest BCUT2D eigenvalue weighted by atomic mass is 19.4. The number of carbonyl (C=O) groups excluding carboxylic acids is 2. The quantitative estimate of drug-likeness (QED) is 0.740. The molecule has 1 saturated carbocycles. The number of carboxylic acids is 1. The number of hydrogen-bond acceptors (Lipinski definition) is 3. The maximum Gasteiger partial charge on any atom is 0.405 e. The molecule has 142 valence electrons. The van der Waals surface area contributed by atoms with E-state index in [9.17, 15) is 27.6 Å². The average molecular weight is 372 g/mol. The first-order chi connectivity index (χ1) is 11.8. The molecule has 1 aromatic rings. The van der Waals surface area contributed by atoms with Gasteiger partial charge in [0.15, 0.2) is 0 Å². The highest BCUT2D eigenvalue weighted by Crippen LogP contribution is 2.58. The maximum absolute atomic E-state index is 12.4. The summed E-state index contributed by atoms with van der Waals surface area (Å²) in [6, 6.07) is 4.10. The molecule has 0 spiro atoms. The predicted octanol–water partition coefficient (Wildman–Crippen LogP) is 2.58. The number of alkyl halides is 3. The van der Waals surface area contributed by atoms with Gasteiger partial charge in [-0.05, 0) is 30.0 Å². The Labute approximate surface area is 147 Å². The molecule has 1 aliphatic rings. The molecule has 26 heavy (non-hydrogen) atoms.